The summed E-state index contributed by atoms with van der Waals surface area (Å²) in [5, 5.41) is 3.78. The van der Waals surface area contributed by atoms with Crippen LogP contribution in [0.3, 0.4) is 0 Å². The molecule has 0 unspecified atom stereocenters. The van der Waals surface area contributed by atoms with Crippen LogP contribution in [0.25, 0.3) is 0 Å². The van der Waals surface area contributed by atoms with Gasteiger partial charge in [0.1, 0.15) is 11.6 Å². The number of para-hydroxylation sites is 1. The van der Waals surface area contributed by atoms with Gasteiger partial charge in [0.25, 0.3) is 11.8 Å². The SMILES string of the molecule is CC1=CC(=O)N(Nc2nccc(N(C(=O)Nc3ccccc3Cl)c3ccc(F)cc3)n2)C1=O. The first-order valence-electron chi connectivity index (χ1n) is 9.61. The molecule has 1 aromatic heterocycles. The fourth-order valence-electron chi connectivity index (χ4n) is 3.00. The second-order valence-corrected chi connectivity index (χ2v) is 7.29. The van der Waals surface area contributed by atoms with Gasteiger partial charge in [0.2, 0.25) is 5.95 Å². The van der Waals surface area contributed by atoms with Gasteiger partial charge in [0, 0.05) is 23.9 Å². The van der Waals surface area contributed by atoms with Crippen molar-refractivity contribution < 1.29 is 18.8 Å². The van der Waals surface area contributed by atoms with E-state index in [1.165, 1.54) is 54.4 Å². The van der Waals surface area contributed by atoms with Crippen LogP contribution in [0.5, 0.6) is 0 Å². The third kappa shape index (κ3) is 4.65. The van der Waals surface area contributed by atoms with Crippen LogP contribution in [-0.2, 0) is 9.59 Å². The van der Waals surface area contributed by atoms with Crippen LogP contribution in [0.2, 0.25) is 5.02 Å². The van der Waals surface area contributed by atoms with Gasteiger partial charge in [0.15, 0.2) is 0 Å². The van der Waals surface area contributed by atoms with Gasteiger partial charge in [-0.2, -0.15) is 9.99 Å². The highest BCUT2D eigenvalue weighted by molar-refractivity contribution is 6.33. The van der Waals surface area contributed by atoms with Crippen LogP contribution in [0.4, 0.5) is 32.3 Å². The number of rotatable bonds is 5. The molecule has 0 fully saturated rings. The first-order valence-corrected chi connectivity index (χ1v) is 9.99. The van der Waals surface area contributed by atoms with Crippen LogP contribution >= 0.6 is 11.6 Å². The summed E-state index contributed by atoms with van der Waals surface area (Å²) < 4.78 is 13.5. The zero-order valence-electron chi connectivity index (χ0n) is 17.1. The average molecular weight is 467 g/mol. The Morgan fingerprint density at radius 2 is 1.82 bits per heavy atom. The Morgan fingerprint density at radius 1 is 1.09 bits per heavy atom. The molecule has 33 heavy (non-hydrogen) atoms. The fourth-order valence-corrected chi connectivity index (χ4v) is 3.18. The molecule has 0 radical (unpaired) electrons. The van der Waals surface area contributed by atoms with Gasteiger partial charge < -0.3 is 5.32 Å². The number of hydrogen-bond acceptors (Lipinski definition) is 6. The molecule has 3 aromatic rings. The van der Waals surface area contributed by atoms with E-state index in [1.54, 1.807) is 24.3 Å². The number of halogens is 2. The molecule has 0 spiro atoms. The van der Waals surface area contributed by atoms with Gasteiger partial charge in [0.05, 0.1) is 16.4 Å². The van der Waals surface area contributed by atoms with Crippen LogP contribution < -0.4 is 15.6 Å². The first kappa shape index (κ1) is 21.9. The van der Waals surface area contributed by atoms with E-state index in [-0.39, 0.29) is 17.3 Å². The number of urea groups is 1. The molecular formula is C22H16ClFN6O3. The topological polar surface area (TPSA) is 108 Å². The summed E-state index contributed by atoms with van der Waals surface area (Å²) in [4.78, 5) is 46.8. The molecule has 0 atom stereocenters. The minimum Gasteiger partial charge on any atom is -0.306 e. The number of nitrogens with zero attached hydrogens (tertiary/aromatic N) is 4. The van der Waals surface area contributed by atoms with E-state index in [9.17, 15) is 18.8 Å². The maximum atomic E-state index is 13.5. The predicted molar refractivity (Wildman–Crippen MR) is 120 cm³/mol. The Bertz CT molecular complexity index is 1280. The molecule has 1 aliphatic heterocycles. The molecule has 2 aromatic carbocycles. The lowest BCUT2D eigenvalue weighted by atomic mass is 10.2. The van der Waals surface area contributed by atoms with Gasteiger partial charge >= 0.3 is 6.03 Å². The molecule has 4 amide bonds. The number of carbonyl (C=O) groups is 3. The van der Waals surface area contributed by atoms with Crippen molar-refractivity contribution in [3.63, 3.8) is 0 Å². The molecule has 9 nitrogen and oxygen atoms in total. The number of benzene rings is 2. The monoisotopic (exact) mass is 466 g/mol. The van der Waals surface area contributed by atoms with Crippen molar-refractivity contribution in [3.05, 3.63) is 83.3 Å². The molecular weight excluding hydrogens is 451 g/mol. The molecule has 2 heterocycles. The zero-order valence-corrected chi connectivity index (χ0v) is 17.9. The van der Waals surface area contributed by atoms with E-state index in [0.717, 1.165) is 5.01 Å². The van der Waals surface area contributed by atoms with Gasteiger partial charge in [-0.1, -0.05) is 23.7 Å². The number of anilines is 4. The van der Waals surface area contributed by atoms with Crippen LogP contribution in [0, 0.1) is 5.82 Å². The maximum Gasteiger partial charge on any atom is 0.332 e. The number of carbonyl (C=O) groups excluding carboxylic acids is 3. The van der Waals surface area contributed by atoms with Gasteiger partial charge in [-0.3, -0.25) is 15.0 Å². The van der Waals surface area contributed by atoms with Gasteiger partial charge in [-0.15, -0.1) is 0 Å². The Hall–Kier alpha value is -4.31. The molecule has 11 heteroatoms. The Balaban J connectivity index is 1.67. The van der Waals surface area contributed by atoms with Crippen LogP contribution in [0.1, 0.15) is 6.92 Å². The summed E-state index contributed by atoms with van der Waals surface area (Å²) in [6.07, 6.45) is 2.52. The second-order valence-electron chi connectivity index (χ2n) is 6.88. The average Bonchev–Trinajstić information content (AvgIpc) is 3.03. The molecule has 2 N–H and O–H groups in total. The summed E-state index contributed by atoms with van der Waals surface area (Å²) in [6, 6.07) is 12.7. The van der Waals surface area contributed by atoms with E-state index >= 15 is 0 Å². The second kappa shape index (κ2) is 9.05. The van der Waals surface area contributed by atoms with Crippen molar-refractivity contribution >= 4 is 52.6 Å². The molecule has 166 valence electrons. The van der Waals surface area contributed by atoms with Gasteiger partial charge in [-0.25, -0.2) is 19.1 Å². The highest BCUT2D eigenvalue weighted by Gasteiger charge is 2.29. The normalized spacial score (nSPS) is 13.1. The smallest absolute Gasteiger partial charge is 0.306 e. The van der Waals surface area contributed by atoms with Crippen molar-refractivity contribution in [2.45, 2.75) is 6.92 Å². The van der Waals surface area contributed by atoms with E-state index < -0.39 is 23.7 Å². The predicted octanol–water partition coefficient (Wildman–Crippen LogP) is 4.28. The molecule has 4 rings (SSSR count). The third-order valence-electron chi connectivity index (χ3n) is 4.59. The molecule has 0 aliphatic carbocycles. The number of hydrazine groups is 1. The summed E-state index contributed by atoms with van der Waals surface area (Å²) in [5.74, 6) is -1.61. The maximum absolute atomic E-state index is 13.5. The zero-order chi connectivity index (χ0) is 23.5. The number of aromatic nitrogens is 2. The summed E-state index contributed by atoms with van der Waals surface area (Å²) in [5.41, 5.74) is 3.47. The molecule has 0 saturated carbocycles. The standard InChI is InChI=1S/C22H16ClFN6O3/c1-13-12-19(31)30(20(13)32)28-21-25-11-10-18(27-21)29(15-8-6-14(24)7-9-15)22(33)26-17-5-3-2-4-16(17)23/h2-12H,1H3,(H,26,33)(H,25,27,28). The number of amides is 4. The Morgan fingerprint density at radius 3 is 2.48 bits per heavy atom. The van der Waals surface area contributed by atoms with Crippen molar-refractivity contribution in [2.75, 3.05) is 15.6 Å². The van der Waals surface area contributed by atoms with E-state index in [0.29, 0.717) is 16.4 Å². The lowest BCUT2D eigenvalue weighted by molar-refractivity contribution is -0.135. The summed E-state index contributed by atoms with van der Waals surface area (Å²) in [7, 11) is 0. The Kier molecular flexibility index (Phi) is 6.01. The quantitative estimate of drug-likeness (QED) is 0.543. The summed E-state index contributed by atoms with van der Waals surface area (Å²) >= 11 is 6.15. The largest absolute Gasteiger partial charge is 0.332 e. The van der Waals surface area contributed by atoms with E-state index in [4.69, 9.17) is 11.6 Å². The third-order valence-corrected chi connectivity index (χ3v) is 4.92. The van der Waals surface area contributed by atoms with E-state index in [1.807, 2.05) is 0 Å². The van der Waals surface area contributed by atoms with Crippen molar-refractivity contribution in [1.82, 2.24) is 15.0 Å². The highest BCUT2D eigenvalue weighted by atomic mass is 35.5. The lowest BCUT2D eigenvalue weighted by Crippen LogP contribution is -2.37. The molecule has 1 aliphatic rings. The molecule has 0 saturated heterocycles. The number of nitrogens with one attached hydrogen (secondary N) is 2. The van der Waals surface area contributed by atoms with Crippen molar-refractivity contribution in [1.29, 1.82) is 0 Å². The minimum atomic E-state index is -0.634. The van der Waals surface area contributed by atoms with Crippen LogP contribution in [0.15, 0.2) is 72.4 Å². The van der Waals surface area contributed by atoms with Crippen LogP contribution in [-0.4, -0.2) is 32.8 Å². The summed E-state index contributed by atoms with van der Waals surface area (Å²) in [6.45, 7) is 1.51. The molecule has 0 bridgehead atoms. The first-order chi connectivity index (χ1) is 15.8. The van der Waals surface area contributed by atoms with Crippen molar-refractivity contribution in [2.24, 2.45) is 0 Å². The Labute approximate surface area is 192 Å². The fraction of sp³-hybridized carbons (Fsp3) is 0.0455. The highest BCUT2D eigenvalue weighted by Crippen LogP contribution is 2.28. The number of hydrogen-bond donors (Lipinski definition) is 2. The van der Waals surface area contributed by atoms with E-state index in [2.05, 4.69) is 20.7 Å². The minimum absolute atomic E-state index is 0.0902. The lowest BCUT2D eigenvalue weighted by Gasteiger charge is -2.23. The number of imide groups is 1. The van der Waals surface area contributed by atoms with Gasteiger partial charge in [-0.05, 0) is 43.3 Å². The van der Waals surface area contributed by atoms with Crippen molar-refractivity contribution in [3.8, 4) is 0 Å².